The van der Waals surface area contributed by atoms with Gasteiger partial charge in [-0.1, -0.05) is 6.42 Å². The van der Waals surface area contributed by atoms with Crippen molar-refractivity contribution in [3.8, 4) is 0 Å². The lowest BCUT2D eigenvalue weighted by Crippen LogP contribution is -2.34. The number of hydrogen-bond acceptors (Lipinski definition) is 2. The van der Waals surface area contributed by atoms with Crippen LogP contribution in [0.25, 0.3) is 0 Å². The van der Waals surface area contributed by atoms with Gasteiger partial charge >= 0.3 is 0 Å². The number of carbonyl (C=O) groups is 1. The Hall–Kier alpha value is -0.280. The standard InChI is InChI=1S/C11H20ClNO2/c1-8(2)15-7-11(14)13-6-9-4-3-5-10(9)12/h8-10H,3-7H2,1-2H3,(H,13,14). The third-order valence-corrected chi connectivity index (χ3v) is 3.25. The third kappa shape index (κ3) is 4.85. The molecular formula is C11H20ClNO2. The topological polar surface area (TPSA) is 38.3 Å². The molecule has 4 heteroatoms. The fourth-order valence-electron chi connectivity index (χ4n) is 1.76. The van der Waals surface area contributed by atoms with Crippen LogP contribution in [0.2, 0.25) is 0 Å². The zero-order valence-corrected chi connectivity index (χ0v) is 10.2. The van der Waals surface area contributed by atoms with Crippen molar-refractivity contribution >= 4 is 17.5 Å². The molecule has 0 aromatic heterocycles. The van der Waals surface area contributed by atoms with E-state index in [9.17, 15) is 4.79 Å². The average Bonchev–Trinajstić information content (AvgIpc) is 2.58. The fraction of sp³-hybridized carbons (Fsp3) is 0.909. The van der Waals surface area contributed by atoms with E-state index in [4.69, 9.17) is 16.3 Å². The van der Waals surface area contributed by atoms with Crippen LogP contribution in [0.1, 0.15) is 33.1 Å². The van der Waals surface area contributed by atoms with Gasteiger partial charge < -0.3 is 10.1 Å². The average molecular weight is 234 g/mol. The number of amides is 1. The second kappa shape index (κ2) is 6.33. The second-order valence-electron chi connectivity index (χ2n) is 4.37. The van der Waals surface area contributed by atoms with Crippen molar-refractivity contribution < 1.29 is 9.53 Å². The Morgan fingerprint density at radius 2 is 2.27 bits per heavy atom. The summed E-state index contributed by atoms with van der Waals surface area (Å²) in [5.74, 6) is 0.397. The summed E-state index contributed by atoms with van der Waals surface area (Å²) in [7, 11) is 0. The van der Waals surface area contributed by atoms with Gasteiger partial charge in [0, 0.05) is 11.9 Å². The summed E-state index contributed by atoms with van der Waals surface area (Å²) in [6.07, 6.45) is 3.48. The van der Waals surface area contributed by atoms with Crippen LogP contribution in [0.5, 0.6) is 0 Å². The van der Waals surface area contributed by atoms with Crippen LogP contribution in [0.15, 0.2) is 0 Å². The summed E-state index contributed by atoms with van der Waals surface area (Å²) in [4.78, 5) is 11.3. The maximum absolute atomic E-state index is 11.3. The molecule has 1 amide bonds. The molecule has 1 saturated carbocycles. The van der Waals surface area contributed by atoms with Crippen molar-refractivity contribution in [2.45, 2.75) is 44.6 Å². The van der Waals surface area contributed by atoms with E-state index in [0.717, 1.165) is 12.8 Å². The van der Waals surface area contributed by atoms with Crippen LogP contribution in [-0.4, -0.2) is 30.5 Å². The summed E-state index contributed by atoms with van der Waals surface area (Å²) >= 11 is 6.11. The molecule has 1 rings (SSSR count). The zero-order valence-electron chi connectivity index (χ0n) is 9.46. The van der Waals surface area contributed by atoms with Crippen LogP contribution in [-0.2, 0) is 9.53 Å². The summed E-state index contributed by atoms with van der Waals surface area (Å²) in [5.41, 5.74) is 0. The highest BCUT2D eigenvalue weighted by Gasteiger charge is 2.25. The molecule has 1 aliphatic rings. The minimum Gasteiger partial charge on any atom is -0.369 e. The fourth-order valence-corrected chi connectivity index (χ4v) is 2.13. The summed E-state index contributed by atoms with van der Waals surface area (Å²) < 4.78 is 5.20. The maximum atomic E-state index is 11.3. The summed E-state index contributed by atoms with van der Waals surface area (Å²) in [5, 5.41) is 3.09. The molecule has 0 saturated heterocycles. The molecule has 0 aromatic rings. The van der Waals surface area contributed by atoms with Crippen molar-refractivity contribution in [2.24, 2.45) is 5.92 Å². The van der Waals surface area contributed by atoms with Crippen LogP contribution in [0.4, 0.5) is 0 Å². The monoisotopic (exact) mass is 233 g/mol. The van der Waals surface area contributed by atoms with Gasteiger partial charge in [-0.2, -0.15) is 0 Å². The lowest BCUT2D eigenvalue weighted by Gasteiger charge is -2.14. The Morgan fingerprint density at radius 1 is 1.53 bits per heavy atom. The number of carbonyl (C=O) groups excluding carboxylic acids is 1. The Balaban J connectivity index is 2.11. The van der Waals surface area contributed by atoms with Gasteiger partial charge in [0.15, 0.2) is 0 Å². The zero-order chi connectivity index (χ0) is 11.3. The lowest BCUT2D eigenvalue weighted by atomic mass is 10.1. The van der Waals surface area contributed by atoms with Gasteiger partial charge in [0.2, 0.25) is 5.91 Å². The Kier molecular flexibility index (Phi) is 5.40. The first-order valence-corrected chi connectivity index (χ1v) is 6.05. The normalized spacial score (nSPS) is 25.9. The summed E-state index contributed by atoms with van der Waals surface area (Å²) in [6.45, 7) is 4.67. The number of rotatable bonds is 5. The van der Waals surface area contributed by atoms with Crippen molar-refractivity contribution in [1.82, 2.24) is 5.32 Å². The van der Waals surface area contributed by atoms with E-state index >= 15 is 0 Å². The van der Waals surface area contributed by atoms with Gasteiger partial charge in [0.25, 0.3) is 0 Å². The van der Waals surface area contributed by atoms with Crippen molar-refractivity contribution in [3.63, 3.8) is 0 Å². The van der Waals surface area contributed by atoms with Gasteiger partial charge in [-0.3, -0.25) is 4.79 Å². The van der Waals surface area contributed by atoms with Gasteiger partial charge in [-0.05, 0) is 32.6 Å². The molecule has 0 aromatic carbocycles. The summed E-state index contributed by atoms with van der Waals surface area (Å²) in [6, 6.07) is 0. The molecule has 3 nitrogen and oxygen atoms in total. The van der Waals surface area contributed by atoms with E-state index < -0.39 is 0 Å². The predicted molar refractivity (Wildman–Crippen MR) is 61.1 cm³/mol. The van der Waals surface area contributed by atoms with Gasteiger partial charge in [0.1, 0.15) is 6.61 Å². The van der Waals surface area contributed by atoms with E-state index in [0.29, 0.717) is 12.5 Å². The number of nitrogens with one attached hydrogen (secondary N) is 1. The molecule has 0 radical (unpaired) electrons. The molecule has 0 spiro atoms. The smallest absolute Gasteiger partial charge is 0.246 e. The molecule has 0 bridgehead atoms. The number of halogens is 1. The third-order valence-electron chi connectivity index (χ3n) is 2.68. The highest BCUT2D eigenvalue weighted by molar-refractivity contribution is 6.20. The van der Waals surface area contributed by atoms with Crippen LogP contribution >= 0.6 is 11.6 Å². The van der Waals surface area contributed by atoms with E-state index in [-0.39, 0.29) is 24.0 Å². The molecule has 2 atom stereocenters. The molecular weight excluding hydrogens is 214 g/mol. The Labute approximate surface area is 96.5 Å². The quantitative estimate of drug-likeness (QED) is 0.737. The first kappa shape index (κ1) is 12.8. The predicted octanol–water partition coefficient (Wildman–Crippen LogP) is 1.94. The minimum atomic E-state index is -0.0422. The molecule has 0 heterocycles. The van der Waals surface area contributed by atoms with E-state index in [1.807, 2.05) is 13.8 Å². The molecule has 2 unspecified atom stereocenters. The second-order valence-corrected chi connectivity index (χ2v) is 4.93. The highest BCUT2D eigenvalue weighted by Crippen LogP contribution is 2.29. The largest absolute Gasteiger partial charge is 0.369 e. The molecule has 0 aliphatic heterocycles. The van der Waals surface area contributed by atoms with E-state index in [1.54, 1.807) is 0 Å². The molecule has 88 valence electrons. The molecule has 1 fully saturated rings. The lowest BCUT2D eigenvalue weighted by molar-refractivity contribution is -0.127. The number of ether oxygens (including phenoxy) is 1. The number of alkyl halides is 1. The highest BCUT2D eigenvalue weighted by atomic mass is 35.5. The van der Waals surface area contributed by atoms with Crippen molar-refractivity contribution in [2.75, 3.05) is 13.2 Å². The van der Waals surface area contributed by atoms with Gasteiger partial charge in [-0.25, -0.2) is 0 Å². The minimum absolute atomic E-state index is 0.0422. The van der Waals surface area contributed by atoms with E-state index in [2.05, 4.69) is 5.32 Å². The first-order chi connectivity index (χ1) is 7.09. The van der Waals surface area contributed by atoms with Crippen molar-refractivity contribution in [3.05, 3.63) is 0 Å². The van der Waals surface area contributed by atoms with Crippen LogP contribution in [0.3, 0.4) is 0 Å². The maximum Gasteiger partial charge on any atom is 0.246 e. The van der Waals surface area contributed by atoms with Crippen LogP contribution < -0.4 is 5.32 Å². The Bertz CT molecular complexity index is 209. The molecule has 1 aliphatic carbocycles. The molecule has 15 heavy (non-hydrogen) atoms. The first-order valence-electron chi connectivity index (χ1n) is 5.62. The Morgan fingerprint density at radius 3 is 2.80 bits per heavy atom. The van der Waals surface area contributed by atoms with Gasteiger partial charge in [-0.15, -0.1) is 11.6 Å². The SMILES string of the molecule is CC(C)OCC(=O)NCC1CCCC1Cl. The van der Waals surface area contributed by atoms with Gasteiger partial charge in [0.05, 0.1) is 6.10 Å². The van der Waals surface area contributed by atoms with E-state index in [1.165, 1.54) is 6.42 Å². The molecule has 1 N–H and O–H groups in total. The van der Waals surface area contributed by atoms with Crippen molar-refractivity contribution in [1.29, 1.82) is 0 Å². The van der Waals surface area contributed by atoms with Crippen LogP contribution in [0, 0.1) is 5.92 Å². The number of hydrogen-bond donors (Lipinski definition) is 1.